The summed E-state index contributed by atoms with van der Waals surface area (Å²) in [5, 5.41) is 4.30. The lowest BCUT2D eigenvalue weighted by molar-refractivity contribution is 0.373. The largest absolute Gasteiger partial charge is 0.464 e. The summed E-state index contributed by atoms with van der Waals surface area (Å²) in [5.74, 6) is 0.434. The third kappa shape index (κ3) is 2.07. The van der Waals surface area contributed by atoms with Gasteiger partial charge in [-0.1, -0.05) is 0 Å². The molecule has 0 aliphatic carbocycles. The predicted octanol–water partition coefficient (Wildman–Crippen LogP) is 3.11. The molecule has 1 aromatic heterocycles. The van der Waals surface area contributed by atoms with Crippen molar-refractivity contribution in [1.29, 1.82) is 0 Å². The van der Waals surface area contributed by atoms with E-state index in [1.54, 1.807) is 12.3 Å². The Balaban J connectivity index is 1.92. The molecule has 3 heteroatoms. The lowest BCUT2D eigenvalue weighted by Crippen LogP contribution is -2.31. The van der Waals surface area contributed by atoms with E-state index in [9.17, 15) is 4.39 Å². The maximum absolute atomic E-state index is 13.9. The molecule has 1 fully saturated rings. The molecule has 1 atom stereocenters. The van der Waals surface area contributed by atoms with Crippen LogP contribution in [0.15, 0.2) is 28.9 Å². The molecule has 1 aliphatic heterocycles. The Bertz CT molecular complexity index is 514. The van der Waals surface area contributed by atoms with Gasteiger partial charge in [0.1, 0.15) is 11.4 Å². The van der Waals surface area contributed by atoms with Crippen molar-refractivity contribution in [3.8, 4) is 0 Å². The van der Waals surface area contributed by atoms with Gasteiger partial charge in [-0.2, -0.15) is 0 Å². The van der Waals surface area contributed by atoms with Gasteiger partial charge in [0.2, 0.25) is 0 Å². The minimum Gasteiger partial charge on any atom is -0.464 e. The first-order valence-corrected chi connectivity index (χ1v) is 6.20. The van der Waals surface area contributed by atoms with Crippen LogP contribution in [0, 0.1) is 11.7 Å². The van der Waals surface area contributed by atoms with Crippen LogP contribution < -0.4 is 5.32 Å². The molecule has 2 aromatic rings. The smallest absolute Gasteiger partial charge is 0.134 e. The summed E-state index contributed by atoms with van der Waals surface area (Å²) in [5.41, 5.74) is 1.59. The van der Waals surface area contributed by atoms with E-state index in [0.717, 1.165) is 36.0 Å². The van der Waals surface area contributed by atoms with E-state index in [2.05, 4.69) is 5.32 Å². The Morgan fingerprint density at radius 2 is 2.29 bits per heavy atom. The molecule has 1 aromatic carbocycles. The van der Waals surface area contributed by atoms with Crippen molar-refractivity contribution in [2.75, 3.05) is 13.1 Å². The molecule has 90 valence electrons. The highest BCUT2D eigenvalue weighted by atomic mass is 19.1. The molecule has 0 amide bonds. The lowest BCUT2D eigenvalue weighted by atomic mass is 9.91. The molecule has 2 nitrogen and oxygen atoms in total. The van der Waals surface area contributed by atoms with Crippen LogP contribution in [-0.2, 0) is 6.42 Å². The van der Waals surface area contributed by atoms with E-state index in [-0.39, 0.29) is 5.82 Å². The van der Waals surface area contributed by atoms with Gasteiger partial charge in [0, 0.05) is 5.39 Å². The number of rotatable bonds is 2. The van der Waals surface area contributed by atoms with Crippen molar-refractivity contribution < 1.29 is 8.81 Å². The molecule has 0 spiro atoms. The highest BCUT2D eigenvalue weighted by Gasteiger charge is 2.18. The fourth-order valence-corrected chi connectivity index (χ4v) is 2.67. The molecular weight excluding hydrogens is 217 g/mol. The van der Waals surface area contributed by atoms with Gasteiger partial charge in [0.05, 0.1) is 6.26 Å². The zero-order chi connectivity index (χ0) is 11.7. The highest BCUT2D eigenvalue weighted by molar-refractivity contribution is 5.81. The minimum atomic E-state index is -0.107. The van der Waals surface area contributed by atoms with Gasteiger partial charge >= 0.3 is 0 Å². The van der Waals surface area contributed by atoms with Gasteiger partial charge in [0.15, 0.2) is 0 Å². The normalized spacial score (nSPS) is 20.9. The first-order chi connectivity index (χ1) is 8.34. The summed E-state index contributed by atoms with van der Waals surface area (Å²) in [6, 6.07) is 5.08. The average Bonchev–Trinajstić information content (AvgIpc) is 2.83. The monoisotopic (exact) mass is 233 g/mol. The Morgan fingerprint density at radius 3 is 3.12 bits per heavy atom. The highest BCUT2D eigenvalue weighted by Crippen LogP contribution is 2.26. The fourth-order valence-electron chi connectivity index (χ4n) is 2.67. The Kier molecular flexibility index (Phi) is 2.85. The predicted molar refractivity (Wildman–Crippen MR) is 65.5 cm³/mol. The summed E-state index contributed by atoms with van der Waals surface area (Å²) in [6.07, 6.45) is 4.80. The second-order valence-electron chi connectivity index (χ2n) is 4.77. The number of halogens is 1. The van der Waals surface area contributed by atoms with Crippen LogP contribution in [0.25, 0.3) is 11.0 Å². The first kappa shape index (κ1) is 10.8. The molecule has 1 N–H and O–H groups in total. The Hall–Kier alpha value is -1.35. The number of nitrogens with one attached hydrogen (secondary N) is 1. The summed E-state index contributed by atoms with van der Waals surface area (Å²) < 4.78 is 19.2. The van der Waals surface area contributed by atoms with Gasteiger partial charge < -0.3 is 9.73 Å². The van der Waals surface area contributed by atoms with Crippen molar-refractivity contribution >= 4 is 11.0 Å². The molecule has 0 bridgehead atoms. The van der Waals surface area contributed by atoms with Crippen molar-refractivity contribution in [2.24, 2.45) is 5.92 Å². The quantitative estimate of drug-likeness (QED) is 0.862. The topological polar surface area (TPSA) is 25.2 Å². The second-order valence-corrected chi connectivity index (χ2v) is 4.77. The summed E-state index contributed by atoms with van der Waals surface area (Å²) in [7, 11) is 0. The standard InChI is InChI=1S/C14H16FNO/c15-13-3-4-14-11(5-7-17-14)12(13)8-10-2-1-6-16-9-10/h3-5,7,10,16H,1-2,6,8-9H2. The molecule has 0 radical (unpaired) electrons. The molecule has 1 aliphatic rings. The third-order valence-electron chi connectivity index (χ3n) is 3.58. The maximum Gasteiger partial charge on any atom is 0.134 e. The molecular formula is C14H16FNO. The zero-order valence-corrected chi connectivity index (χ0v) is 9.71. The van der Waals surface area contributed by atoms with Crippen LogP contribution in [0.3, 0.4) is 0 Å². The van der Waals surface area contributed by atoms with E-state index in [1.165, 1.54) is 18.9 Å². The molecule has 1 saturated heterocycles. The van der Waals surface area contributed by atoms with E-state index in [0.29, 0.717) is 5.92 Å². The van der Waals surface area contributed by atoms with Crippen molar-refractivity contribution in [3.05, 3.63) is 35.8 Å². The average molecular weight is 233 g/mol. The first-order valence-electron chi connectivity index (χ1n) is 6.20. The third-order valence-corrected chi connectivity index (χ3v) is 3.58. The Labute approximate surface area is 99.8 Å². The van der Waals surface area contributed by atoms with Crippen LogP contribution >= 0.6 is 0 Å². The van der Waals surface area contributed by atoms with Gasteiger partial charge in [0.25, 0.3) is 0 Å². The van der Waals surface area contributed by atoms with E-state index in [4.69, 9.17) is 4.42 Å². The Morgan fingerprint density at radius 1 is 1.35 bits per heavy atom. The number of piperidine rings is 1. The SMILES string of the molecule is Fc1ccc2occc2c1CC1CCCNC1. The molecule has 0 saturated carbocycles. The number of furan rings is 1. The van der Waals surface area contributed by atoms with Gasteiger partial charge in [-0.25, -0.2) is 4.39 Å². The van der Waals surface area contributed by atoms with Crippen LogP contribution in [0.4, 0.5) is 4.39 Å². The van der Waals surface area contributed by atoms with Crippen molar-refractivity contribution in [1.82, 2.24) is 5.32 Å². The summed E-state index contributed by atoms with van der Waals surface area (Å²) >= 11 is 0. The summed E-state index contributed by atoms with van der Waals surface area (Å²) in [6.45, 7) is 2.09. The zero-order valence-electron chi connectivity index (χ0n) is 9.71. The van der Waals surface area contributed by atoms with E-state index in [1.807, 2.05) is 6.07 Å². The minimum absolute atomic E-state index is 0.107. The lowest BCUT2D eigenvalue weighted by Gasteiger charge is -2.23. The van der Waals surface area contributed by atoms with Crippen LogP contribution in [-0.4, -0.2) is 13.1 Å². The molecule has 1 unspecified atom stereocenters. The number of hydrogen-bond donors (Lipinski definition) is 1. The van der Waals surface area contributed by atoms with E-state index < -0.39 is 0 Å². The number of fused-ring (bicyclic) bond motifs is 1. The van der Waals surface area contributed by atoms with Crippen LogP contribution in [0.2, 0.25) is 0 Å². The van der Waals surface area contributed by atoms with Crippen molar-refractivity contribution in [3.63, 3.8) is 0 Å². The van der Waals surface area contributed by atoms with Gasteiger partial charge in [-0.15, -0.1) is 0 Å². The molecule has 2 heterocycles. The van der Waals surface area contributed by atoms with Gasteiger partial charge in [-0.3, -0.25) is 0 Å². The van der Waals surface area contributed by atoms with Gasteiger partial charge in [-0.05, 0) is 62.0 Å². The maximum atomic E-state index is 13.9. The van der Waals surface area contributed by atoms with Crippen LogP contribution in [0.1, 0.15) is 18.4 Å². The molecule has 3 rings (SSSR count). The molecule has 17 heavy (non-hydrogen) atoms. The number of hydrogen-bond acceptors (Lipinski definition) is 2. The van der Waals surface area contributed by atoms with E-state index >= 15 is 0 Å². The van der Waals surface area contributed by atoms with Crippen molar-refractivity contribution in [2.45, 2.75) is 19.3 Å². The second kappa shape index (κ2) is 4.49. The fraction of sp³-hybridized carbons (Fsp3) is 0.429. The summed E-state index contributed by atoms with van der Waals surface area (Å²) in [4.78, 5) is 0. The van der Waals surface area contributed by atoms with Crippen LogP contribution in [0.5, 0.6) is 0 Å². The number of benzene rings is 1.